The molecule has 0 radical (unpaired) electrons. The summed E-state index contributed by atoms with van der Waals surface area (Å²) in [5, 5.41) is 7.17. The molecule has 0 saturated carbocycles. The van der Waals surface area contributed by atoms with E-state index in [4.69, 9.17) is 0 Å². The van der Waals surface area contributed by atoms with Gasteiger partial charge in [-0.2, -0.15) is 5.10 Å². The van der Waals surface area contributed by atoms with Crippen molar-refractivity contribution < 1.29 is 4.79 Å². The molecule has 21 heavy (non-hydrogen) atoms. The number of carbonyl (C=O) groups excluding carboxylic acids is 1. The molecule has 3 aromatic rings. The average molecular weight is 278 g/mol. The zero-order valence-electron chi connectivity index (χ0n) is 11.5. The summed E-state index contributed by atoms with van der Waals surface area (Å²) in [5.74, 6) is -0.175. The molecule has 5 heteroatoms. The average Bonchev–Trinajstić information content (AvgIpc) is 2.95. The van der Waals surface area contributed by atoms with Crippen molar-refractivity contribution in [3.63, 3.8) is 0 Å². The van der Waals surface area contributed by atoms with Gasteiger partial charge in [0.05, 0.1) is 16.9 Å². The van der Waals surface area contributed by atoms with Gasteiger partial charge >= 0.3 is 0 Å². The minimum atomic E-state index is -0.175. The third-order valence-electron chi connectivity index (χ3n) is 3.04. The zero-order valence-corrected chi connectivity index (χ0v) is 11.5. The largest absolute Gasteiger partial charge is 0.322 e. The summed E-state index contributed by atoms with van der Waals surface area (Å²) in [6.07, 6.45) is 5.08. The van der Waals surface area contributed by atoms with Crippen LogP contribution in [-0.4, -0.2) is 20.7 Å². The molecule has 2 heterocycles. The highest BCUT2D eigenvalue weighted by Crippen LogP contribution is 2.14. The Hall–Kier alpha value is -2.95. The van der Waals surface area contributed by atoms with E-state index in [1.54, 1.807) is 23.0 Å². The molecule has 0 saturated heterocycles. The number of amides is 1. The molecule has 0 aliphatic rings. The molecular weight excluding hydrogens is 264 g/mol. The maximum atomic E-state index is 12.0. The Bertz CT molecular complexity index is 747. The first-order valence-electron chi connectivity index (χ1n) is 6.56. The summed E-state index contributed by atoms with van der Waals surface area (Å²) < 4.78 is 1.79. The van der Waals surface area contributed by atoms with Crippen molar-refractivity contribution in [3.8, 4) is 5.69 Å². The monoisotopic (exact) mass is 278 g/mol. The van der Waals surface area contributed by atoms with Crippen LogP contribution in [0.1, 0.15) is 16.1 Å². The second-order valence-electron chi connectivity index (χ2n) is 4.64. The van der Waals surface area contributed by atoms with Crippen LogP contribution in [0.3, 0.4) is 0 Å². The Morgan fingerprint density at radius 1 is 1.14 bits per heavy atom. The summed E-state index contributed by atoms with van der Waals surface area (Å²) in [4.78, 5) is 15.9. The predicted octanol–water partition coefficient (Wildman–Crippen LogP) is 2.83. The van der Waals surface area contributed by atoms with Gasteiger partial charge in [0.25, 0.3) is 5.91 Å². The number of anilines is 1. The van der Waals surface area contributed by atoms with Crippen LogP contribution in [-0.2, 0) is 0 Å². The summed E-state index contributed by atoms with van der Waals surface area (Å²) in [5.41, 5.74) is 3.17. The fourth-order valence-corrected chi connectivity index (χ4v) is 1.96. The number of aryl methyl sites for hydroxylation is 1. The lowest BCUT2D eigenvalue weighted by atomic mass is 10.2. The first kappa shape index (κ1) is 13.1. The third kappa shape index (κ3) is 2.97. The van der Waals surface area contributed by atoms with Gasteiger partial charge in [0.2, 0.25) is 0 Å². The molecule has 104 valence electrons. The smallest absolute Gasteiger partial charge is 0.257 e. The number of hydrogen-bond acceptors (Lipinski definition) is 3. The van der Waals surface area contributed by atoms with Gasteiger partial charge in [-0.3, -0.25) is 9.78 Å². The zero-order chi connectivity index (χ0) is 14.7. The van der Waals surface area contributed by atoms with Crippen LogP contribution in [0.5, 0.6) is 0 Å². The number of nitrogens with zero attached hydrogens (tertiary/aromatic N) is 3. The number of aromatic nitrogens is 3. The molecule has 2 aromatic heterocycles. The van der Waals surface area contributed by atoms with Crippen molar-refractivity contribution >= 4 is 11.6 Å². The van der Waals surface area contributed by atoms with Gasteiger partial charge in [-0.15, -0.1) is 0 Å². The Kier molecular flexibility index (Phi) is 3.47. The fraction of sp³-hybridized carbons (Fsp3) is 0.0625. The van der Waals surface area contributed by atoms with Gasteiger partial charge in [0.1, 0.15) is 0 Å². The SMILES string of the molecule is Cc1ccn(-c2ccc(NC(=O)c3cccnc3)cc2)n1. The lowest BCUT2D eigenvalue weighted by molar-refractivity contribution is 0.102. The number of rotatable bonds is 3. The van der Waals surface area contributed by atoms with Crippen LogP contribution < -0.4 is 5.32 Å². The highest BCUT2D eigenvalue weighted by Gasteiger charge is 2.06. The molecule has 0 bridgehead atoms. The lowest BCUT2D eigenvalue weighted by Gasteiger charge is -2.06. The van der Waals surface area contributed by atoms with Crippen LogP contribution >= 0.6 is 0 Å². The normalized spacial score (nSPS) is 10.3. The van der Waals surface area contributed by atoms with E-state index >= 15 is 0 Å². The summed E-state index contributed by atoms with van der Waals surface area (Å²) in [6, 6.07) is 12.9. The molecule has 5 nitrogen and oxygen atoms in total. The molecule has 1 aromatic carbocycles. The van der Waals surface area contributed by atoms with E-state index in [2.05, 4.69) is 15.4 Å². The van der Waals surface area contributed by atoms with Crippen molar-refractivity contribution in [1.82, 2.24) is 14.8 Å². The number of nitrogens with one attached hydrogen (secondary N) is 1. The number of hydrogen-bond donors (Lipinski definition) is 1. The third-order valence-corrected chi connectivity index (χ3v) is 3.04. The van der Waals surface area contributed by atoms with Crippen molar-refractivity contribution in [1.29, 1.82) is 0 Å². The van der Waals surface area contributed by atoms with E-state index in [0.717, 1.165) is 17.1 Å². The van der Waals surface area contributed by atoms with Crippen LogP contribution in [0.2, 0.25) is 0 Å². The van der Waals surface area contributed by atoms with Crippen LogP contribution in [0.15, 0.2) is 61.1 Å². The van der Waals surface area contributed by atoms with E-state index in [-0.39, 0.29) is 5.91 Å². The fourth-order valence-electron chi connectivity index (χ4n) is 1.96. The van der Waals surface area contributed by atoms with Gasteiger partial charge in [0.15, 0.2) is 0 Å². The predicted molar refractivity (Wildman–Crippen MR) is 80.5 cm³/mol. The molecule has 0 unspecified atom stereocenters. The quantitative estimate of drug-likeness (QED) is 0.801. The van der Waals surface area contributed by atoms with Crippen LogP contribution in [0.25, 0.3) is 5.69 Å². The lowest BCUT2D eigenvalue weighted by Crippen LogP contribution is -2.12. The molecule has 3 rings (SSSR count). The van der Waals surface area contributed by atoms with Gasteiger partial charge in [-0.1, -0.05) is 0 Å². The first-order chi connectivity index (χ1) is 10.2. The van der Waals surface area contributed by atoms with Gasteiger partial charge in [-0.05, 0) is 49.4 Å². The highest BCUT2D eigenvalue weighted by atomic mass is 16.1. The first-order valence-corrected chi connectivity index (χ1v) is 6.56. The van der Waals surface area contributed by atoms with E-state index in [1.165, 1.54) is 6.20 Å². The molecule has 0 aliphatic carbocycles. The van der Waals surface area contributed by atoms with Crippen LogP contribution in [0.4, 0.5) is 5.69 Å². The Morgan fingerprint density at radius 2 is 1.95 bits per heavy atom. The van der Waals surface area contributed by atoms with E-state index in [1.807, 2.05) is 43.5 Å². The second kappa shape index (κ2) is 5.58. The Morgan fingerprint density at radius 3 is 2.57 bits per heavy atom. The maximum absolute atomic E-state index is 12.0. The Labute approximate surface area is 122 Å². The summed E-state index contributed by atoms with van der Waals surface area (Å²) in [7, 11) is 0. The molecule has 1 N–H and O–H groups in total. The van der Waals surface area contributed by atoms with E-state index in [0.29, 0.717) is 5.56 Å². The number of pyridine rings is 1. The standard InChI is InChI=1S/C16H14N4O/c1-12-8-10-20(19-12)15-6-4-14(5-7-15)18-16(21)13-3-2-9-17-11-13/h2-11H,1H3,(H,18,21). The Balaban J connectivity index is 1.74. The van der Waals surface area contributed by atoms with Crippen molar-refractivity contribution in [2.24, 2.45) is 0 Å². The number of benzene rings is 1. The molecule has 1 amide bonds. The van der Waals surface area contributed by atoms with E-state index in [9.17, 15) is 4.79 Å². The van der Waals surface area contributed by atoms with Crippen molar-refractivity contribution in [2.45, 2.75) is 6.92 Å². The molecule has 0 aliphatic heterocycles. The summed E-state index contributed by atoms with van der Waals surface area (Å²) in [6.45, 7) is 1.94. The van der Waals surface area contributed by atoms with Crippen molar-refractivity contribution in [2.75, 3.05) is 5.32 Å². The van der Waals surface area contributed by atoms with Gasteiger partial charge in [0, 0.05) is 24.3 Å². The topological polar surface area (TPSA) is 59.8 Å². The van der Waals surface area contributed by atoms with E-state index < -0.39 is 0 Å². The van der Waals surface area contributed by atoms with Crippen LogP contribution in [0, 0.1) is 6.92 Å². The molecular formula is C16H14N4O. The molecule has 0 atom stereocenters. The summed E-state index contributed by atoms with van der Waals surface area (Å²) >= 11 is 0. The molecule has 0 fully saturated rings. The number of carbonyl (C=O) groups is 1. The minimum Gasteiger partial charge on any atom is -0.322 e. The van der Waals surface area contributed by atoms with Gasteiger partial charge in [-0.25, -0.2) is 4.68 Å². The second-order valence-corrected chi connectivity index (χ2v) is 4.64. The highest BCUT2D eigenvalue weighted by molar-refractivity contribution is 6.04. The minimum absolute atomic E-state index is 0.175. The van der Waals surface area contributed by atoms with Gasteiger partial charge < -0.3 is 5.32 Å². The molecule has 0 spiro atoms. The van der Waals surface area contributed by atoms with Crippen molar-refractivity contribution in [3.05, 3.63) is 72.3 Å². The maximum Gasteiger partial charge on any atom is 0.257 e.